The molecular weight excluding hydrogens is 192 g/mol. The quantitative estimate of drug-likeness (QED) is 0.565. The van der Waals surface area contributed by atoms with Gasteiger partial charge in [-0.1, -0.05) is 25.1 Å². The molecule has 0 saturated heterocycles. The predicted molar refractivity (Wildman–Crippen MR) is 58.1 cm³/mol. The van der Waals surface area contributed by atoms with E-state index in [9.17, 15) is 4.79 Å². The van der Waals surface area contributed by atoms with Gasteiger partial charge in [-0.2, -0.15) is 0 Å². The molecule has 3 heteroatoms. The van der Waals surface area contributed by atoms with Gasteiger partial charge >= 0.3 is 6.16 Å². The molecule has 0 N–H and O–H groups in total. The zero-order valence-corrected chi connectivity index (χ0v) is 9.32. The lowest BCUT2D eigenvalue weighted by Gasteiger charge is -2.10. The van der Waals surface area contributed by atoms with Crippen LogP contribution in [0.3, 0.4) is 0 Å². The first-order valence-corrected chi connectivity index (χ1v) is 5.09. The maximum Gasteiger partial charge on any atom is 0.514 e. The highest BCUT2D eigenvalue weighted by Gasteiger charge is 2.10. The van der Waals surface area contributed by atoms with Crippen LogP contribution in [0.2, 0.25) is 0 Å². The molecule has 0 aromatic heterocycles. The topological polar surface area (TPSA) is 35.5 Å². The third kappa shape index (κ3) is 3.62. The van der Waals surface area contributed by atoms with Crippen molar-refractivity contribution >= 4 is 6.16 Å². The number of carbonyl (C=O) groups is 1. The Labute approximate surface area is 90.0 Å². The summed E-state index contributed by atoms with van der Waals surface area (Å²) in [4.78, 5) is 11.2. The molecule has 0 saturated carbocycles. The third-order valence-corrected chi connectivity index (χ3v) is 1.88. The second-order valence-electron chi connectivity index (χ2n) is 3.48. The van der Waals surface area contributed by atoms with E-state index in [1.807, 2.05) is 25.1 Å². The van der Waals surface area contributed by atoms with E-state index < -0.39 is 6.16 Å². The van der Waals surface area contributed by atoms with Gasteiger partial charge in [0.2, 0.25) is 0 Å². The SMILES string of the molecule is CCc1ccccc1OC(=O)OC(C)C. The van der Waals surface area contributed by atoms with Crippen LogP contribution in [-0.4, -0.2) is 12.3 Å². The molecule has 82 valence electrons. The molecule has 0 aliphatic rings. The lowest BCUT2D eigenvalue weighted by Crippen LogP contribution is -2.16. The van der Waals surface area contributed by atoms with E-state index in [-0.39, 0.29) is 6.10 Å². The molecule has 0 radical (unpaired) electrons. The summed E-state index contributed by atoms with van der Waals surface area (Å²) in [5.74, 6) is 0.575. The van der Waals surface area contributed by atoms with Crippen LogP contribution in [0.4, 0.5) is 4.79 Å². The van der Waals surface area contributed by atoms with Crippen LogP contribution in [0.1, 0.15) is 26.3 Å². The van der Waals surface area contributed by atoms with E-state index in [0.717, 1.165) is 12.0 Å². The Kier molecular flexibility index (Phi) is 4.16. The highest BCUT2D eigenvalue weighted by Crippen LogP contribution is 2.18. The summed E-state index contributed by atoms with van der Waals surface area (Å²) in [6.45, 7) is 5.58. The number of ether oxygens (including phenoxy) is 2. The van der Waals surface area contributed by atoms with Crippen LogP contribution >= 0.6 is 0 Å². The number of carbonyl (C=O) groups excluding carboxylic acids is 1. The minimum absolute atomic E-state index is 0.161. The summed E-state index contributed by atoms with van der Waals surface area (Å²) in [7, 11) is 0. The molecule has 1 aromatic rings. The average Bonchev–Trinajstić information content (AvgIpc) is 2.17. The van der Waals surface area contributed by atoms with Gasteiger partial charge in [-0.25, -0.2) is 4.79 Å². The molecule has 15 heavy (non-hydrogen) atoms. The number of para-hydroxylation sites is 1. The standard InChI is InChI=1S/C12H16O3/c1-4-10-7-5-6-8-11(10)15-12(13)14-9(2)3/h5-9H,4H2,1-3H3. The number of aryl methyl sites for hydroxylation is 1. The van der Waals surface area contributed by atoms with Crippen LogP contribution in [0, 0.1) is 0 Å². The van der Waals surface area contributed by atoms with Gasteiger partial charge in [0.15, 0.2) is 0 Å². The first-order chi connectivity index (χ1) is 7.13. The fourth-order valence-electron chi connectivity index (χ4n) is 1.20. The van der Waals surface area contributed by atoms with Crippen LogP contribution < -0.4 is 4.74 Å². The lowest BCUT2D eigenvalue weighted by molar-refractivity contribution is 0.0726. The number of hydrogen-bond acceptors (Lipinski definition) is 3. The Morgan fingerprint density at radius 1 is 1.33 bits per heavy atom. The molecule has 0 spiro atoms. The van der Waals surface area contributed by atoms with Crippen molar-refractivity contribution in [2.24, 2.45) is 0 Å². The van der Waals surface area contributed by atoms with E-state index in [4.69, 9.17) is 9.47 Å². The van der Waals surface area contributed by atoms with Gasteiger partial charge in [-0.05, 0) is 31.9 Å². The predicted octanol–water partition coefficient (Wildman–Crippen LogP) is 3.17. The van der Waals surface area contributed by atoms with Crippen molar-refractivity contribution in [3.05, 3.63) is 29.8 Å². The summed E-state index contributed by atoms with van der Waals surface area (Å²) >= 11 is 0. The Bertz CT molecular complexity index is 331. The molecule has 0 unspecified atom stereocenters. The van der Waals surface area contributed by atoms with Crippen molar-refractivity contribution in [2.45, 2.75) is 33.3 Å². The molecule has 1 rings (SSSR count). The maximum atomic E-state index is 11.2. The van der Waals surface area contributed by atoms with Crippen LogP contribution in [0.15, 0.2) is 24.3 Å². The number of benzene rings is 1. The second-order valence-corrected chi connectivity index (χ2v) is 3.48. The Morgan fingerprint density at radius 2 is 2.00 bits per heavy atom. The van der Waals surface area contributed by atoms with Gasteiger partial charge in [0.25, 0.3) is 0 Å². The van der Waals surface area contributed by atoms with Gasteiger partial charge in [-0.3, -0.25) is 0 Å². The summed E-state index contributed by atoms with van der Waals surface area (Å²) in [6, 6.07) is 7.44. The average molecular weight is 208 g/mol. The molecule has 0 atom stereocenters. The monoisotopic (exact) mass is 208 g/mol. The molecule has 0 amide bonds. The normalized spacial score (nSPS) is 10.1. The van der Waals surface area contributed by atoms with Gasteiger partial charge in [0.05, 0.1) is 6.10 Å². The van der Waals surface area contributed by atoms with Gasteiger partial charge in [-0.15, -0.1) is 0 Å². The van der Waals surface area contributed by atoms with Crippen molar-refractivity contribution in [3.63, 3.8) is 0 Å². The van der Waals surface area contributed by atoms with E-state index in [0.29, 0.717) is 5.75 Å². The van der Waals surface area contributed by atoms with Gasteiger partial charge < -0.3 is 9.47 Å². The van der Waals surface area contributed by atoms with E-state index >= 15 is 0 Å². The summed E-state index contributed by atoms with van der Waals surface area (Å²) in [6.07, 6.45) is 0.0164. The summed E-state index contributed by atoms with van der Waals surface area (Å²) < 4.78 is 9.98. The molecule has 1 aromatic carbocycles. The molecule has 3 nitrogen and oxygen atoms in total. The maximum absolute atomic E-state index is 11.2. The molecule has 0 fully saturated rings. The van der Waals surface area contributed by atoms with Crippen molar-refractivity contribution < 1.29 is 14.3 Å². The second kappa shape index (κ2) is 5.39. The van der Waals surface area contributed by atoms with Gasteiger partial charge in [0.1, 0.15) is 5.75 Å². The van der Waals surface area contributed by atoms with E-state index in [2.05, 4.69) is 0 Å². The fourth-order valence-corrected chi connectivity index (χ4v) is 1.20. The minimum atomic E-state index is -0.647. The lowest BCUT2D eigenvalue weighted by atomic mass is 10.1. The van der Waals surface area contributed by atoms with Crippen LogP contribution in [0.5, 0.6) is 5.75 Å². The van der Waals surface area contributed by atoms with Crippen molar-refractivity contribution in [1.82, 2.24) is 0 Å². The molecule has 0 aliphatic carbocycles. The zero-order chi connectivity index (χ0) is 11.3. The molecule has 0 aliphatic heterocycles. The molecule has 0 bridgehead atoms. The van der Waals surface area contributed by atoms with E-state index in [1.165, 1.54) is 0 Å². The summed E-state index contributed by atoms with van der Waals surface area (Å²) in [5.41, 5.74) is 0.998. The number of hydrogen-bond donors (Lipinski definition) is 0. The zero-order valence-electron chi connectivity index (χ0n) is 9.32. The smallest absolute Gasteiger partial charge is 0.431 e. The van der Waals surface area contributed by atoms with Crippen molar-refractivity contribution in [1.29, 1.82) is 0 Å². The van der Waals surface area contributed by atoms with Crippen molar-refractivity contribution in [3.8, 4) is 5.75 Å². The van der Waals surface area contributed by atoms with Crippen molar-refractivity contribution in [2.75, 3.05) is 0 Å². The Balaban J connectivity index is 2.67. The van der Waals surface area contributed by atoms with Crippen LogP contribution in [-0.2, 0) is 11.2 Å². The molecule has 0 heterocycles. The number of rotatable bonds is 3. The molecular formula is C12H16O3. The first-order valence-electron chi connectivity index (χ1n) is 5.09. The fraction of sp³-hybridized carbons (Fsp3) is 0.417. The van der Waals surface area contributed by atoms with E-state index in [1.54, 1.807) is 19.9 Å². The highest BCUT2D eigenvalue weighted by atomic mass is 16.7. The summed E-state index contributed by atoms with van der Waals surface area (Å²) in [5, 5.41) is 0. The largest absolute Gasteiger partial charge is 0.514 e. The first kappa shape index (κ1) is 11.6. The third-order valence-electron chi connectivity index (χ3n) is 1.88. The Morgan fingerprint density at radius 3 is 2.60 bits per heavy atom. The van der Waals surface area contributed by atoms with Crippen LogP contribution in [0.25, 0.3) is 0 Å². The minimum Gasteiger partial charge on any atom is -0.431 e. The highest BCUT2D eigenvalue weighted by molar-refractivity contribution is 5.64. The van der Waals surface area contributed by atoms with Gasteiger partial charge in [0, 0.05) is 0 Å². The Hall–Kier alpha value is -1.51.